The van der Waals surface area contributed by atoms with Crippen molar-refractivity contribution in [2.75, 3.05) is 32.2 Å². The molecule has 6 heteroatoms. The van der Waals surface area contributed by atoms with E-state index in [1.165, 1.54) is 0 Å². The number of allylic oxidation sites excluding steroid dienone is 1. The van der Waals surface area contributed by atoms with Crippen LogP contribution in [0.4, 0.5) is 5.69 Å². The number of rotatable bonds is 6. The van der Waals surface area contributed by atoms with Crippen molar-refractivity contribution in [2.24, 2.45) is 0 Å². The Morgan fingerprint density at radius 2 is 1.86 bits per heavy atom. The smallest absolute Gasteiger partial charge is 0.344 e. The van der Waals surface area contributed by atoms with Gasteiger partial charge in [0.05, 0.1) is 12.2 Å². The van der Waals surface area contributed by atoms with Gasteiger partial charge in [0.1, 0.15) is 11.5 Å². The van der Waals surface area contributed by atoms with E-state index in [1.54, 1.807) is 32.1 Å². The first-order valence-electron chi connectivity index (χ1n) is 9.04. The van der Waals surface area contributed by atoms with Crippen LogP contribution in [0, 0.1) is 6.92 Å². The van der Waals surface area contributed by atoms with Crippen molar-refractivity contribution in [3.63, 3.8) is 0 Å². The second kappa shape index (κ2) is 8.17. The van der Waals surface area contributed by atoms with Crippen molar-refractivity contribution < 1.29 is 23.8 Å². The highest BCUT2D eigenvalue weighted by Crippen LogP contribution is 2.39. The van der Waals surface area contributed by atoms with Crippen LogP contribution in [-0.2, 0) is 9.53 Å². The lowest BCUT2D eigenvalue weighted by Gasteiger charge is -2.12. The number of carbonyl (C=O) groups excluding carboxylic acids is 2. The summed E-state index contributed by atoms with van der Waals surface area (Å²) in [5.41, 5.74) is 3.10. The van der Waals surface area contributed by atoms with Crippen molar-refractivity contribution in [3.8, 4) is 11.5 Å². The summed E-state index contributed by atoms with van der Waals surface area (Å²) in [6, 6.07) is 11.1. The molecular formula is C22H23NO5. The van der Waals surface area contributed by atoms with Gasteiger partial charge in [0.15, 0.2) is 12.4 Å². The summed E-state index contributed by atoms with van der Waals surface area (Å²) in [6.07, 6.45) is 1.72. The van der Waals surface area contributed by atoms with Crippen molar-refractivity contribution in [1.29, 1.82) is 0 Å². The monoisotopic (exact) mass is 381 g/mol. The van der Waals surface area contributed by atoms with Gasteiger partial charge < -0.3 is 19.1 Å². The number of anilines is 1. The Morgan fingerprint density at radius 1 is 1.14 bits per heavy atom. The second-order valence-electron chi connectivity index (χ2n) is 6.58. The third-order valence-electron chi connectivity index (χ3n) is 4.39. The van der Waals surface area contributed by atoms with Gasteiger partial charge in [-0.3, -0.25) is 4.79 Å². The van der Waals surface area contributed by atoms with E-state index in [4.69, 9.17) is 14.2 Å². The molecule has 3 rings (SSSR count). The maximum Gasteiger partial charge on any atom is 0.344 e. The average molecular weight is 381 g/mol. The third kappa shape index (κ3) is 4.01. The zero-order chi connectivity index (χ0) is 20.3. The Bertz CT molecular complexity index is 929. The predicted molar refractivity (Wildman–Crippen MR) is 107 cm³/mol. The van der Waals surface area contributed by atoms with Crippen LogP contribution in [0.1, 0.15) is 28.4 Å². The van der Waals surface area contributed by atoms with Gasteiger partial charge >= 0.3 is 5.97 Å². The molecule has 146 valence electrons. The van der Waals surface area contributed by atoms with E-state index >= 15 is 0 Å². The molecule has 0 bridgehead atoms. The molecule has 2 aromatic rings. The minimum atomic E-state index is -0.443. The first-order valence-corrected chi connectivity index (χ1v) is 9.04. The normalized spacial score (nSPS) is 13.9. The lowest BCUT2D eigenvalue weighted by Crippen LogP contribution is -2.15. The Hall–Kier alpha value is -3.28. The van der Waals surface area contributed by atoms with Crippen LogP contribution >= 0.6 is 0 Å². The zero-order valence-corrected chi connectivity index (χ0v) is 16.4. The lowest BCUT2D eigenvalue weighted by atomic mass is 10.1. The van der Waals surface area contributed by atoms with E-state index < -0.39 is 5.97 Å². The van der Waals surface area contributed by atoms with Gasteiger partial charge in [-0.15, -0.1) is 0 Å². The van der Waals surface area contributed by atoms with Crippen LogP contribution in [0.2, 0.25) is 0 Å². The first kappa shape index (κ1) is 19.5. The van der Waals surface area contributed by atoms with Crippen molar-refractivity contribution in [1.82, 2.24) is 0 Å². The number of carbonyl (C=O) groups is 2. The number of ketones is 1. The molecule has 0 unspecified atom stereocenters. The third-order valence-corrected chi connectivity index (χ3v) is 4.39. The highest BCUT2D eigenvalue weighted by atomic mass is 16.6. The van der Waals surface area contributed by atoms with Gasteiger partial charge in [0.2, 0.25) is 5.78 Å². The molecule has 1 aliphatic heterocycles. The summed E-state index contributed by atoms with van der Waals surface area (Å²) < 4.78 is 16.2. The van der Waals surface area contributed by atoms with E-state index in [2.05, 4.69) is 0 Å². The number of hydrogen-bond donors (Lipinski definition) is 0. The topological polar surface area (TPSA) is 65.1 Å². The molecule has 1 aliphatic rings. The van der Waals surface area contributed by atoms with Gasteiger partial charge in [-0.05, 0) is 49.8 Å². The zero-order valence-electron chi connectivity index (χ0n) is 16.4. The van der Waals surface area contributed by atoms with Gasteiger partial charge in [0.25, 0.3) is 0 Å². The lowest BCUT2D eigenvalue weighted by molar-refractivity contribution is -0.145. The molecule has 0 aromatic heterocycles. The molecule has 0 radical (unpaired) electrons. The van der Waals surface area contributed by atoms with Crippen LogP contribution in [0.5, 0.6) is 11.5 Å². The quantitative estimate of drug-likeness (QED) is 0.563. The molecule has 6 nitrogen and oxygen atoms in total. The maximum absolute atomic E-state index is 12.7. The molecule has 2 aromatic carbocycles. The first-order chi connectivity index (χ1) is 13.4. The van der Waals surface area contributed by atoms with Crippen LogP contribution in [0.3, 0.4) is 0 Å². The van der Waals surface area contributed by atoms with Crippen molar-refractivity contribution >= 4 is 23.5 Å². The number of fused-ring (bicyclic) bond motifs is 1. The van der Waals surface area contributed by atoms with Crippen LogP contribution in [0.15, 0.2) is 42.2 Å². The molecule has 0 saturated carbocycles. The second-order valence-corrected chi connectivity index (χ2v) is 6.58. The molecular weight excluding hydrogens is 358 g/mol. The van der Waals surface area contributed by atoms with E-state index in [-0.39, 0.29) is 18.1 Å². The van der Waals surface area contributed by atoms with Gasteiger partial charge in [0, 0.05) is 25.3 Å². The maximum atomic E-state index is 12.7. The molecule has 0 N–H and O–H groups in total. The van der Waals surface area contributed by atoms with E-state index in [0.717, 1.165) is 11.3 Å². The minimum absolute atomic E-state index is 0.174. The van der Waals surface area contributed by atoms with Crippen LogP contribution in [0.25, 0.3) is 6.08 Å². The fraction of sp³-hybridized carbons (Fsp3) is 0.273. The van der Waals surface area contributed by atoms with E-state index in [0.29, 0.717) is 29.2 Å². The Morgan fingerprint density at radius 3 is 2.50 bits per heavy atom. The molecule has 0 aliphatic carbocycles. The average Bonchev–Trinajstić information content (AvgIpc) is 2.98. The molecule has 0 fully saturated rings. The van der Waals surface area contributed by atoms with E-state index in [1.807, 2.05) is 43.3 Å². The summed E-state index contributed by atoms with van der Waals surface area (Å²) >= 11 is 0. The molecule has 0 amide bonds. The Labute approximate surface area is 164 Å². The summed E-state index contributed by atoms with van der Waals surface area (Å²) in [4.78, 5) is 26.2. The fourth-order valence-corrected chi connectivity index (χ4v) is 2.88. The standard InChI is InChI=1S/C22H23NO5/c1-5-26-20(24)13-27-18-11-10-17-21(25)19(28-22(17)14(18)2)12-15-6-8-16(9-7-15)23(3)4/h6-12H,5,13H2,1-4H3/b19-12-. The number of nitrogens with zero attached hydrogens (tertiary/aromatic N) is 1. The summed E-state index contributed by atoms with van der Waals surface area (Å²) in [7, 11) is 3.94. The molecule has 0 atom stereocenters. The van der Waals surface area contributed by atoms with Gasteiger partial charge in [-0.25, -0.2) is 4.79 Å². The fourth-order valence-electron chi connectivity index (χ4n) is 2.88. The summed E-state index contributed by atoms with van der Waals surface area (Å²) in [5, 5.41) is 0. The molecule has 1 heterocycles. The minimum Gasteiger partial charge on any atom is -0.481 e. The van der Waals surface area contributed by atoms with Crippen LogP contribution in [-0.4, -0.2) is 39.1 Å². The van der Waals surface area contributed by atoms with E-state index in [9.17, 15) is 9.59 Å². The molecule has 28 heavy (non-hydrogen) atoms. The Balaban J connectivity index is 1.80. The van der Waals surface area contributed by atoms with Crippen molar-refractivity contribution in [2.45, 2.75) is 13.8 Å². The number of benzene rings is 2. The number of Topliss-reactive ketones (excluding diaryl/α,β-unsaturated/α-hetero) is 1. The number of hydrogen-bond acceptors (Lipinski definition) is 6. The van der Waals surface area contributed by atoms with Crippen LogP contribution < -0.4 is 14.4 Å². The largest absolute Gasteiger partial charge is 0.481 e. The predicted octanol–water partition coefficient (Wildman–Crippen LogP) is 3.62. The SMILES string of the molecule is CCOC(=O)COc1ccc2c(c1C)O/C(=C\c1ccc(N(C)C)cc1)C2=O. The van der Waals surface area contributed by atoms with Gasteiger partial charge in [-0.2, -0.15) is 0 Å². The van der Waals surface area contributed by atoms with Gasteiger partial charge in [-0.1, -0.05) is 12.1 Å². The number of esters is 1. The number of ether oxygens (including phenoxy) is 3. The highest BCUT2D eigenvalue weighted by molar-refractivity contribution is 6.15. The molecule has 0 saturated heterocycles. The molecule has 0 spiro atoms. The van der Waals surface area contributed by atoms with Crippen molar-refractivity contribution in [3.05, 3.63) is 58.8 Å². The highest BCUT2D eigenvalue weighted by Gasteiger charge is 2.30. The summed E-state index contributed by atoms with van der Waals surface area (Å²) in [5.74, 6) is 0.588. The Kier molecular flexibility index (Phi) is 5.68. The summed E-state index contributed by atoms with van der Waals surface area (Å²) in [6.45, 7) is 3.64.